The monoisotopic (exact) mass is 454 g/mol. The van der Waals surface area contributed by atoms with Crippen LogP contribution in [-0.4, -0.2) is 57.1 Å². The van der Waals surface area contributed by atoms with Crippen molar-refractivity contribution in [3.8, 4) is 11.1 Å². The number of piperazine rings is 1. The first-order valence-corrected chi connectivity index (χ1v) is 12.7. The van der Waals surface area contributed by atoms with Crippen LogP contribution in [0, 0.1) is 0 Å². The van der Waals surface area contributed by atoms with Gasteiger partial charge in [0.2, 0.25) is 0 Å². The molecule has 0 unspecified atom stereocenters. The smallest absolute Gasteiger partial charge is 0.0660 e. The molecule has 1 saturated heterocycles. The maximum atomic E-state index is 4.57. The summed E-state index contributed by atoms with van der Waals surface area (Å²) in [4.78, 5) is 10.7. The molecule has 33 heavy (non-hydrogen) atoms. The quantitative estimate of drug-likeness (QED) is 0.500. The number of fused-ring (bicyclic) bond motifs is 1. The number of aliphatic imine (C=N–C) groups is 1. The lowest BCUT2D eigenvalue weighted by molar-refractivity contribution is 0.313. The first-order chi connectivity index (χ1) is 16.2. The largest absolute Gasteiger partial charge is 0.369 e. The van der Waals surface area contributed by atoms with Crippen LogP contribution in [0.1, 0.15) is 11.1 Å². The van der Waals surface area contributed by atoms with Crippen molar-refractivity contribution in [1.82, 2.24) is 4.90 Å². The maximum absolute atomic E-state index is 4.57. The summed E-state index contributed by atoms with van der Waals surface area (Å²) >= 11 is 1.77. The number of benzene rings is 3. The molecule has 0 bridgehead atoms. The summed E-state index contributed by atoms with van der Waals surface area (Å²) in [7, 11) is 2.19. The van der Waals surface area contributed by atoms with Gasteiger partial charge in [-0.2, -0.15) is 0 Å². The van der Waals surface area contributed by atoms with Gasteiger partial charge in [0.25, 0.3) is 0 Å². The third-order valence-corrected chi connectivity index (χ3v) is 7.21. The number of likely N-dealkylation sites (N-methyl/N-ethyl adjacent to an activating group) is 1. The molecule has 0 radical (unpaired) electrons. The molecule has 2 aliphatic rings. The molecular weight excluding hydrogens is 424 g/mol. The Morgan fingerprint density at radius 2 is 1.61 bits per heavy atom. The molecule has 3 aromatic rings. The van der Waals surface area contributed by atoms with Crippen LogP contribution in [0.25, 0.3) is 16.7 Å². The fourth-order valence-electron chi connectivity index (χ4n) is 4.36. The summed E-state index contributed by atoms with van der Waals surface area (Å²) in [6.07, 6.45) is 6.20. The van der Waals surface area contributed by atoms with Gasteiger partial charge in [0.15, 0.2) is 0 Å². The Balaban J connectivity index is 1.33. The number of nitrogens with zero attached hydrogens (tertiary/aromatic N) is 3. The molecule has 0 amide bonds. The predicted molar refractivity (Wildman–Crippen MR) is 144 cm³/mol. The average Bonchev–Trinajstić information content (AvgIpc) is 2.88. The van der Waals surface area contributed by atoms with Crippen molar-refractivity contribution in [2.75, 3.05) is 56.2 Å². The van der Waals surface area contributed by atoms with Gasteiger partial charge < -0.3 is 15.1 Å². The third kappa shape index (κ3) is 5.00. The minimum atomic E-state index is 0.689. The number of anilines is 2. The molecule has 3 aromatic carbocycles. The lowest BCUT2D eigenvalue weighted by atomic mass is 9.94. The summed E-state index contributed by atoms with van der Waals surface area (Å²) in [6.45, 7) is 5.11. The Kier molecular flexibility index (Phi) is 6.51. The minimum Gasteiger partial charge on any atom is -0.369 e. The summed E-state index contributed by atoms with van der Waals surface area (Å²) < 4.78 is 0. The van der Waals surface area contributed by atoms with Gasteiger partial charge in [-0.25, -0.2) is 0 Å². The second kappa shape index (κ2) is 9.86. The SMILES string of the molecule is CSc1ccc(-c2ccc3c(c2)C(=CNc2ccc(N4CCN(C)CC4)cc2)CN=C3)cc1. The topological polar surface area (TPSA) is 30.9 Å². The van der Waals surface area contributed by atoms with E-state index in [0.717, 1.165) is 31.9 Å². The summed E-state index contributed by atoms with van der Waals surface area (Å²) in [5, 5.41) is 3.50. The van der Waals surface area contributed by atoms with Crippen molar-refractivity contribution < 1.29 is 0 Å². The van der Waals surface area contributed by atoms with E-state index < -0.39 is 0 Å². The number of nitrogens with one attached hydrogen (secondary N) is 1. The van der Waals surface area contributed by atoms with E-state index in [1.54, 1.807) is 11.8 Å². The van der Waals surface area contributed by atoms with Crippen molar-refractivity contribution in [1.29, 1.82) is 0 Å². The molecule has 1 fully saturated rings. The van der Waals surface area contributed by atoms with Gasteiger partial charge in [-0.3, -0.25) is 4.99 Å². The first kappa shape index (κ1) is 21.8. The van der Waals surface area contributed by atoms with Gasteiger partial charge in [0.05, 0.1) is 6.54 Å². The molecule has 0 atom stereocenters. The second-order valence-corrected chi connectivity index (χ2v) is 9.53. The van der Waals surface area contributed by atoms with Crippen molar-refractivity contribution in [3.05, 3.63) is 84.1 Å². The summed E-state index contributed by atoms with van der Waals surface area (Å²) in [5.41, 5.74) is 8.50. The Morgan fingerprint density at radius 3 is 2.33 bits per heavy atom. The summed E-state index contributed by atoms with van der Waals surface area (Å²) in [5.74, 6) is 0. The van der Waals surface area contributed by atoms with E-state index >= 15 is 0 Å². The Bertz CT molecular complexity index is 1160. The van der Waals surface area contributed by atoms with Gasteiger partial charge in [-0.15, -0.1) is 11.8 Å². The van der Waals surface area contributed by atoms with Crippen LogP contribution in [0.4, 0.5) is 11.4 Å². The highest BCUT2D eigenvalue weighted by Crippen LogP contribution is 2.30. The van der Waals surface area contributed by atoms with Crippen LogP contribution < -0.4 is 10.2 Å². The zero-order valence-electron chi connectivity index (χ0n) is 19.3. The second-order valence-electron chi connectivity index (χ2n) is 8.65. The van der Waals surface area contributed by atoms with Crippen LogP contribution >= 0.6 is 11.8 Å². The van der Waals surface area contributed by atoms with Gasteiger partial charge >= 0.3 is 0 Å². The van der Waals surface area contributed by atoms with Crippen molar-refractivity contribution in [3.63, 3.8) is 0 Å². The van der Waals surface area contributed by atoms with Crippen molar-refractivity contribution in [2.24, 2.45) is 4.99 Å². The average molecular weight is 455 g/mol. The maximum Gasteiger partial charge on any atom is 0.0660 e. The highest BCUT2D eigenvalue weighted by molar-refractivity contribution is 7.98. The van der Waals surface area contributed by atoms with E-state index in [0.29, 0.717) is 6.54 Å². The van der Waals surface area contributed by atoms with E-state index in [9.17, 15) is 0 Å². The van der Waals surface area contributed by atoms with Gasteiger partial charge in [0, 0.05) is 54.9 Å². The molecule has 0 aromatic heterocycles. The van der Waals surface area contributed by atoms with E-state index in [1.165, 1.54) is 38.4 Å². The highest BCUT2D eigenvalue weighted by Gasteiger charge is 2.15. The first-order valence-electron chi connectivity index (χ1n) is 11.5. The minimum absolute atomic E-state index is 0.689. The number of thioether (sulfide) groups is 1. The molecule has 0 aliphatic carbocycles. The Hall–Kier alpha value is -3.02. The molecule has 2 aliphatic heterocycles. The highest BCUT2D eigenvalue weighted by atomic mass is 32.2. The Labute approximate surface area is 201 Å². The van der Waals surface area contributed by atoms with Gasteiger partial charge in [-0.1, -0.05) is 24.3 Å². The zero-order valence-corrected chi connectivity index (χ0v) is 20.1. The van der Waals surface area contributed by atoms with E-state index in [-0.39, 0.29) is 0 Å². The lowest BCUT2D eigenvalue weighted by Gasteiger charge is -2.34. The standard InChI is InChI=1S/C28H30N4S/c1-31-13-15-32(16-14-31)26-9-7-25(8-10-26)30-20-24-19-29-18-23-4-3-22(17-28(23)24)21-5-11-27(33-2)12-6-21/h3-12,17-18,20,30H,13-16,19H2,1-2H3. The fourth-order valence-corrected chi connectivity index (χ4v) is 4.77. The molecule has 2 heterocycles. The number of hydrogen-bond donors (Lipinski definition) is 1. The van der Waals surface area contributed by atoms with Gasteiger partial charge in [0.1, 0.15) is 0 Å². The van der Waals surface area contributed by atoms with Crippen LogP contribution in [0.3, 0.4) is 0 Å². The molecule has 5 heteroatoms. The third-order valence-electron chi connectivity index (χ3n) is 6.46. The molecule has 1 N–H and O–H groups in total. The van der Waals surface area contributed by atoms with E-state index in [1.807, 2.05) is 6.21 Å². The molecular formula is C28H30N4S. The van der Waals surface area contributed by atoms with E-state index in [4.69, 9.17) is 0 Å². The van der Waals surface area contributed by atoms with Crippen LogP contribution in [0.5, 0.6) is 0 Å². The molecule has 168 valence electrons. The van der Waals surface area contributed by atoms with Crippen LogP contribution in [0.2, 0.25) is 0 Å². The summed E-state index contributed by atoms with van der Waals surface area (Å²) in [6, 6.07) is 24.2. The molecule has 0 saturated carbocycles. The zero-order chi connectivity index (χ0) is 22.6. The van der Waals surface area contributed by atoms with Gasteiger partial charge in [-0.05, 0) is 83.6 Å². The number of rotatable bonds is 5. The predicted octanol–water partition coefficient (Wildman–Crippen LogP) is 5.71. The molecule has 0 spiro atoms. The van der Waals surface area contributed by atoms with Crippen LogP contribution in [-0.2, 0) is 0 Å². The van der Waals surface area contributed by atoms with Crippen LogP contribution in [0.15, 0.2) is 82.8 Å². The van der Waals surface area contributed by atoms with E-state index in [2.05, 4.69) is 106 Å². The molecule has 4 nitrogen and oxygen atoms in total. The lowest BCUT2D eigenvalue weighted by Crippen LogP contribution is -2.44. The molecule has 5 rings (SSSR count). The normalized spacial score (nSPS) is 17.3. The number of hydrogen-bond acceptors (Lipinski definition) is 5. The Morgan fingerprint density at radius 1 is 0.879 bits per heavy atom. The van der Waals surface area contributed by atoms with Crippen molar-refractivity contribution >= 4 is 34.9 Å². The van der Waals surface area contributed by atoms with Crippen molar-refractivity contribution in [2.45, 2.75) is 4.90 Å². The fraction of sp³-hybridized carbons (Fsp3) is 0.250.